The standard InChI is InChI=1S/C18H30N2O/c1-16(2)17-7-6-8-18(15-17)21-14-5-4-9-20-12-10-19(3)11-13-20/h6-8,15-16H,4-5,9-14H2,1-3H3. The van der Waals surface area contributed by atoms with Crippen LogP contribution in [0, 0.1) is 0 Å². The summed E-state index contributed by atoms with van der Waals surface area (Å²) < 4.78 is 5.88. The molecule has 3 heteroatoms. The molecule has 0 atom stereocenters. The van der Waals surface area contributed by atoms with E-state index in [0.29, 0.717) is 5.92 Å². The van der Waals surface area contributed by atoms with Crippen LogP contribution in [0.5, 0.6) is 5.75 Å². The molecule has 1 fully saturated rings. The predicted molar refractivity (Wildman–Crippen MR) is 89.2 cm³/mol. The molecule has 1 saturated heterocycles. The van der Waals surface area contributed by atoms with Crippen molar-refractivity contribution in [2.24, 2.45) is 0 Å². The highest BCUT2D eigenvalue weighted by Crippen LogP contribution is 2.20. The smallest absolute Gasteiger partial charge is 0.119 e. The summed E-state index contributed by atoms with van der Waals surface area (Å²) in [6.45, 7) is 11.3. The van der Waals surface area contributed by atoms with Gasteiger partial charge in [0.15, 0.2) is 0 Å². The number of nitrogens with zero attached hydrogens (tertiary/aromatic N) is 2. The number of hydrogen-bond acceptors (Lipinski definition) is 3. The lowest BCUT2D eigenvalue weighted by Gasteiger charge is -2.32. The molecule has 0 saturated carbocycles. The van der Waals surface area contributed by atoms with Crippen molar-refractivity contribution in [2.45, 2.75) is 32.6 Å². The first-order valence-electron chi connectivity index (χ1n) is 8.29. The Morgan fingerprint density at radius 1 is 1.10 bits per heavy atom. The van der Waals surface area contributed by atoms with Crippen LogP contribution in [0.3, 0.4) is 0 Å². The highest BCUT2D eigenvalue weighted by molar-refractivity contribution is 5.30. The van der Waals surface area contributed by atoms with Crippen molar-refractivity contribution in [3.8, 4) is 5.75 Å². The molecule has 0 aliphatic carbocycles. The topological polar surface area (TPSA) is 15.7 Å². The summed E-state index contributed by atoms with van der Waals surface area (Å²) >= 11 is 0. The molecule has 1 aromatic carbocycles. The molecule has 1 heterocycles. The van der Waals surface area contributed by atoms with Crippen LogP contribution in [0.2, 0.25) is 0 Å². The van der Waals surface area contributed by atoms with Crippen LogP contribution >= 0.6 is 0 Å². The molecule has 21 heavy (non-hydrogen) atoms. The molecule has 0 radical (unpaired) electrons. The molecule has 2 rings (SSSR count). The Kier molecular flexibility index (Phi) is 6.52. The van der Waals surface area contributed by atoms with Gasteiger partial charge in [0.25, 0.3) is 0 Å². The van der Waals surface area contributed by atoms with Gasteiger partial charge in [0.1, 0.15) is 5.75 Å². The van der Waals surface area contributed by atoms with E-state index in [2.05, 4.69) is 55.0 Å². The molecule has 0 spiro atoms. The van der Waals surface area contributed by atoms with Gasteiger partial charge in [-0.2, -0.15) is 0 Å². The van der Waals surface area contributed by atoms with Gasteiger partial charge in [-0.25, -0.2) is 0 Å². The molecule has 0 unspecified atom stereocenters. The largest absolute Gasteiger partial charge is 0.494 e. The van der Waals surface area contributed by atoms with Crippen LogP contribution < -0.4 is 4.74 Å². The van der Waals surface area contributed by atoms with Gasteiger partial charge in [-0.05, 0) is 50.0 Å². The van der Waals surface area contributed by atoms with Crippen molar-refractivity contribution in [1.82, 2.24) is 9.80 Å². The highest BCUT2D eigenvalue weighted by atomic mass is 16.5. The molecular formula is C18H30N2O. The molecule has 1 aliphatic heterocycles. The number of rotatable bonds is 7. The minimum atomic E-state index is 0.561. The summed E-state index contributed by atoms with van der Waals surface area (Å²) in [5.41, 5.74) is 1.35. The fourth-order valence-electron chi connectivity index (χ4n) is 2.66. The number of hydrogen-bond donors (Lipinski definition) is 0. The lowest BCUT2D eigenvalue weighted by molar-refractivity contribution is 0.150. The first kappa shape index (κ1) is 16.3. The summed E-state index contributed by atoms with van der Waals surface area (Å²) in [5.74, 6) is 1.58. The van der Waals surface area contributed by atoms with Crippen molar-refractivity contribution in [3.63, 3.8) is 0 Å². The quantitative estimate of drug-likeness (QED) is 0.717. The summed E-state index contributed by atoms with van der Waals surface area (Å²) in [6.07, 6.45) is 2.37. The minimum Gasteiger partial charge on any atom is -0.494 e. The van der Waals surface area contributed by atoms with Crippen molar-refractivity contribution < 1.29 is 4.74 Å². The second-order valence-corrected chi connectivity index (χ2v) is 6.43. The Labute approximate surface area is 129 Å². The van der Waals surface area contributed by atoms with Crippen LogP contribution in [0.4, 0.5) is 0 Å². The average Bonchev–Trinajstić information content (AvgIpc) is 2.49. The molecule has 0 N–H and O–H groups in total. The van der Waals surface area contributed by atoms with Gasteiger partial charge in [-0.3, -0.25) is 0 Å². The van der Waals surface area contributed by atoms with Crippen LogP contribution in [0.1, 0.15) is 38.2 Å². The Hall–Kier alpha value is -1.06. The number of piperazine rings is 1. The second kappa shape index (κ2) is 8.40. The average molecular weight is 290 g/mol. The van der Waals surface area contributed by atoms with Crippen molar-refractivity contribution in [2.75, 3.05) is 46.4 Å². The maximum Gasteiger partial charge on any atom is 0.119 e. The maximum atomic E-state index is 5.88. The zero-order valence-electron chi connectivity index (χ0n) is 13.8. The molecule has 118 valence electrons. The highest BCUT2D eigenvalue weighted by Gasteiger charge is 2.12. The van der Waals surface area contributed by atoms with Crippen LogP contribution in [0.15, 0.2) is 24.3 Å². The molecule has 0 bridgehead atoms. The SMILES string of the molecule is CC(C)c1cccc(OCCCCN2CCN(C)CC2)c1. The van der Waals surface area contributed by atoms with Crippen LogP contribution in [-0.4, -0.2) is 56.2 Å². The zero-order chi connectivity index (χ0) is 15.1. The van der Waals surface area contributed by atoms with Crippen molar-refractivity contribution >= 4 is 0 Å². The van der Waals surface area contributed by atoms with Gasteiger partial charge in [0, 0.05) is 26.2 Å². The van der Waals surface area contributed by atoms with Crippen molar-refractivity contribution in [1.29, 1.82) is 0 Å². The van der Waals surface area contributed by atoms with Gasteiger partial charge in [0.05, 0.1) is 6.61 Å². The Morgan fingerprint density at radius 3 is 2.57 bits per heavy atom. The number of benzene rings is 1. The van der Waals surface area contributed by atoms with Gasteiger partial charge in [-0.15, -0.1) is 0 Å². The van der Waals surface area contributed by atoms with Gasteiger partial charge in [0.2, 0.25) is 0 Å². The van der Waals surface area contributed by atoms with E-state index in [1.807, 2.05) is 0 Å². The molecular weight excluding hydrogens is 260 g/mol. The van der Waals surface area contributed by atoms with E-state index < -0.39 is 0 Å². The summed E-state index contributed by atoms with van der Waals surface area (Å²) in [5, 5.41) is 0. The van der Waals surface area contributed by atoms with E-state index in [4.69, 9.17) is 4.74 Å². The van der Waals surface area contributed by atoms with E-state index in [9.17, 15) is 0 Å². The molecule has 0 amide bonds. The van der Waals surface area contributed by atoms with E-state index >= 15 is 0 Å². The summed E-state index contributed by atoms with van der Waals surface area (Å²) in [4.78, 5) is 4.97. The second-order valence-electron chi connectivity index (χ2n) is 6.43. The molecule has 0 aromatic heterocycles. The van der Waals surface area contributed by atoms with Gasteiger partial charge in [-0.1, -0.05) is 26.0 Å². The first-order valence-corrected chi connectivity index (χ1v) is 8.29. The van der Waals surface area contributed by atoms with E-state index in [0.717, 1.165) is 18.8 Å². The van der Waals surface area contributed by atoms with Crippen LogP contribution in [0.25, 0.3) is 0 Å². The van der Waals surface area contributed by atoms with Gasteiger partial charge >= 0.3 is 0 Å². The minimum absolute atomic E-state index is 0.561. The van der Waals surface area contributed by atoms with Gasteiger partial charge < -0.3 is 14.5 Å². The number of unbranched alkanes of at least 4 members (excludes halogenated alkanes) is 1. The third-order valence-corrected chi connectivity index (χ3v) is 4.26. The van der Waals surface area contributed by atoms with Crippen molar-refractivity contribution in [3.05, 3.63) is 29.8 Å². The summed E-state index contributed by atoms with van der Waals surface area (Å²) in [7, 11) is 2.20. The Bertz CT molecular complexity index is 411. The molecule has 3 nitrogen and oxygen atoms in total. The fraction of sp³-hybridized carbons (Fsp3) is 0.667. The fourth-order valence-corrected chi connectivity index (χ4v) is 2.66. The predicted octanol–water partition coefficient (Wildman–Crippen LogP) is 3.22. The Balaban J connectivity index is 1.60. The van der Waals surface area contributed by atoms with E-state index in [1.165, 1.54) is 44.7 Å². The van der Waals surface area contributed by atoms with Crippen LogP contribution in [-0.2, 0) is 0 Å². The zero-order valence-corrected chi connectivity index (χ0v) is 13.8. The molecule has 1 aliphatic rings. The third-order valence-electron chi connectivity index (χ3n) is 4.26. The molecule has 1 aromatic rings. The monoisotopic (exact) mass is 290 g/mol. The third kappa shape index (κ3) is 5.68. The lowest BCUT2D eigenvalue weighted by atomic mass is 10.0. The lowest BCUT2D eigenvalue weighted by Crippen LogP contribution is -2.44. The number of likely N-dealkylation sites (N-methyl/N-ethyl adjacent to an activating group) is 1. The Morgan fingerprint density at radius 2 is 1.86 bits per heavy atom. The number of ether oxygens (including phenoxy) is 1. The van der Waals surface area contributed by atoms with E-state index in [1.54, 1.807) is 0 Å². The first-order chi connectivity index (χ1) is 10.1. The normalized spacial score (nSPS) is 17.3. The summed E-state index contributed by atoms with van der Waals surface area (Å²) in [6, 6.07) is 8.50. The van der Waals surface area contributed by atoms with E-state index in [-0.39, 0.29) is 0 Å². The maximum absolute atomic E-state index is 5.88.